The molecule has 4 rings (SSSR count). The van der Waals surface area contributed by atoms with E-state index in [9.17, 15) is 4.79 Å². The summed E-state index contributed by atoms with van der Waals surface area (Å²) in [7, 11) is 4.06. The minimum absolute atomic E-state index is 0.0792. The van der Waals surface area contributed by atoms with Crippen LogP contribution in [0.25, 0.3) is 21.9 Å². The van der Waals surface area contributed by atoms with Gasteiger partial charge in [0.25, 0.3) is 0 Å². The maximum atomic E-state index is 13.0. The summed E-state index contributed by atoms with van der Waals surface area (Å²) in [5.41, 5.74) is 3.84. The molecule has 1 aliphatic rings. The molecule has 144 valence electrons. The lowest BCUT2D eigenvalue weighted by Gasteiger charge is -2.21. The molecule has 1 saturated heterocycles. The third-order valence-electron chi connectivity index (χ3n) is 5.78. The topological polar surface area (TPSA) is 46.3 Å². The van der Waals surface area contributed by atoms with Crippen molar-refractivity contribution in [3.8, 4) is 0 Å². The van der Waals surface area contributed by atoms with Crippen molar-refractivity contribution in [2.75, 3.05) is 39.8 Å². The van der Waals surface area contributed by atoms with Crippen molar-refractivity contribution in [1.29, 1.82) is 0 Å². The molecule has 0 radical (unpaired) electrons. The first-order valence-corrected chi connectivity index (χ1v) is 9.90. The molecule has 0 N–H and O–H groups in total. The van der Waals surface area contributed by atoms with Crippen LogP contribution in [0.2, 0.25) is 0 Å². The van der Waals surface area contributed by atoms with Crippen molar-refractivity contribution >= 4 is 21.9 Å². The SMILES string of the molecule is Cc1ccc2c(c1)c(=O)c1c(cnn1C)n2CCCN1CCCN(C)CC1. The quantitative estimate of drug-likeness (QED) is 0.709. The molecule has 27 heavy (non-hydrogen) atoms. The van der Waals surface area contributed by atoms with Crippen LogP contribution >= 0.6 is 0 Å². The highest BCUT2D eigenvalue weighted by molar-refractivity contribution is 5.92. The van der Waals surface area contributed by atoms with E-state index in [0.717, 1.165) is 54.6 Å². The average molecular weight is 367 g/mol. The molecule has 0 atom stereocenters. The molecule has 6 nitrogen and oxygen atoms in total. The molecule has 0 amide bonds. The molecule has 2 aromatic heterocycles. The molecular formula is C21H29N5O. The summed E-state index contributed by atoms with van der Waals surface area (Å²) in [6, 6.07) is 6.18. The zero-order valence-corrected chi connectivity index (χ0v) is 16.6. The summed E-state index contributed by atoms with van der Waals surface area (Å²) in [6.45, 7) is 8.68. The van der Waals surface area contributed by atoms with Crippen LogP contribution in [0.15, 0.2) is 29.2 Å². The molecule has 0 spiro atoms. The Kier molecular flexibility index (Phi) is 5.02. The van der Waals surface area contributed by atoms with Crippen LogP contribution in [0.1, 0.15) is 18.4 Å². The van der Waals surface area contributed by atoms with Gasteiger partial charge in [-0.15, -0.1) is 0 Å². The summed E-state index contributed by atoms with van der Waals surface area (Å²) in [4.78, 5) is 18.0. The monoisotopic (exact) mass is 367 g/mol. The second kappa shape index (κ2) is 7.44. The standard InChI is InChI=1S/C21H29N5O/c1-16-6-7-18-17(14-16)21(27)20-19(15-22-24(20)3)26(18)11-5-10-25-9-4-8-23(2)12-13-25/h6-7,14-15H,4-5,8-13H2,1-3H3. The zero-order chi connectivity index (χ0) is 19.0. The van der Waals surface area contributed by atoms with Crippen molar-refractivity contribution in [3.63, 3.8) is 0 Å². The largest absolute Gasteiger partial charge is 0.338 e. The van der Waals surface area contributed by atoms with E-state index in [4.69, 9.17) is 0 Å². The van der Waals surface area contributed by atoms with Crippen LogP contribution in [-0.4, -0.2) is 63.9 Å². The highest BCUT2D eigenvalue weighted by Gasteiger charge is 2.15. The second-order valence-corrected chi connectivity index (χ2v) is 7.86. The van der Waals surface area contributed by atoms with Crippen molar-refractivity contribution in [2.24, 2.45) is 7.05 Å². The summed E-state index contributed by atoms with van der Waals surface area (Å²) < 4.78 is 3.99. The second-order valence-electron chi connectivity index (χ2n) is 7.86. The third-order valence-corrected chi connectivity index (χ3v) is 5.78. The number of aromatic nitrogens is 3. The van der Waals surface area contributed by atoms with Crippen LogP contribution < -0.4 is 5.43 Å². The number of fused-ring (bicyclic) bond motifs is 2. The van der Waals surface area contributed by atoms with E-state index in [0.29, 0.717) is 5.52 Å². The molecule has 1 aliphatic heterocycles. The molecular weight excluding hydrogens is 338 g/mol. The molecule has 6 heteroatoms. The van der Waals surface area contributed by atoms with Gasteiger partial charge in [0.15, 0.2) is 0 Å². The average Bonchev–Trinajstić information content (AvgIpc) is 2.91. The van der Waals surface area contributed by atoms with Gasteiger partial charge in [-0.3, -0.25) is 9.48 Å². The van der Waals surface area contributed by atoms with Gasteiger partial charge < -0.3 is 14.4 Å². The fourth-order valence-corrected chi connectivity index (χ4v) is 4.23. The Bertz CT molecular complexity index is 1020. The molecule has 0 aliphatic carbocycles. The lowest BCUT2D eigenvalue weighted by atomic mass is 10.1. The highest BCUT2D eigenvalue weighted by atomic mass is 16.1. The number of likely N-dealkylation sites (N-methyl/N-ethyl adjacent to an activating group) is 1. The lowest BCUT2D eigenvalue weighted by Crippen LogP contribution is -2.30. The Labute approximate surface area is 160 Å². The predicted octanol–water partition coefficient (Wildman–Crippen LogP) is 2.22. The Morgan fingerprint density at radius 3 is 2.74 bits per heavy atom. The first-order valence-electron chi connectivity index (χ1n) is 9.90. The molecule has 0 bridgehead atoms. The maximum absolute atomic E-state index is 13.0. The van der Waals surface area contributed by atoms with Gasteiger partial charge in [0.05, 0.1) is 17.2 Å². The van der Waals surface area contributed by atoms with E-state index >= 15 is 0 Å². The molecule has 3 aromatic rings. The van der Waals surface area contributed by atoms with Gasteiger partial charge in [0.2, 0.25) is 5.43 Å². The van der Waals surface area contributed by atoms with Gasteiger partial charge in [-0.2, -0.15) is 5.10 Å². The molecule has 0 unspecified atom stereocenters. The Morgan fingerprint density at radius 1 is 1.04 bits per heavy atom. The number of benzene rings is 1. The van der Waals surface area contributed by atoms with Gasteiger partial charge in [0.1, 0.15) is 5.52 Å². The third kappa shape index (κ3) is 3.51. The first kappa shape index (κ1) is 18.2. The van der Waals surface area contributed by atoms with Crippen molar-refractivity contribution in [3.05, 3.63) is 40.2 Å². The van der Waals surface area contributed by atoms with E-state index in [1.54, 1.807) is 4.68 Å². The smallest absolute Gasteiger partial charge is 0.215 e. The fourth-order valence-electron chi connectivity index (χ4n) is 4.23. The molecule has 0 saturated carbocycles. The molecule has 3 heterocycles. The van der Waals surface area contributed by atoms with E-state index in [-0.39, 0.29) is 5.43 Å². The van der Waals surface area contributed by atoms with Crippen molar-refractivity contribution in [1.82, 2.24) is 24.1 Å². The van der Waals surface area contributed by atoms with Crippen LogP contribution in [0.4, 0.5) is 0 Å². The summed E-state index contributed by atoms with van der Waals surface area (Å²) in [5.74, 6) is 0. The number of aryl methyl sites for hydroxylation is 3. The Morgan fingerprint density at radius 2 is 1.89 bits per heavy atom. The number of hydrogen-bond acceptors (Lipinski definition) is 4. The Hall–Kier alpha value is -2.18. The predicted molar refractivity (Wildman–Crippen MR) is 110 cm³/mol. The van der Waals surface area contributed by atoms with Gasteiger partial charge >= 0.3 is 0 Å². The van der Waals surface area contributed by atoms with Crippen molar-refractivity contribution < 1.29 is 0 Å². The highest BCUT2D eigenvalue weighted by Crippen LogP contribution is 2.20. The maximum Gasteiger partial charge on any atom is 0.215 e. The Balaban J connectivity index is 1.64. The summed E-state index contributed by atoms with van der Waals surface area (Å²) in [5, 5.41) is 5.16. The van der Waals surface area contributed by atoms with Gasteiger partial charge in [-0.1, -0.05) is 11.6 Å². The number of nitrogens with zero attached hydrogens (tertiary/aromatic N) is 5. The van der Waals surface area contributed by atoms with Crippen LogP contribution in [0, 0.1) is 6.92 Å². The first-order chi connectivity index (χ1) is 13.0. The van der Waals surface area contributed by atoms with E-state index in [1.807, 2.05) is 26.2 Å². The van der Waals surface area contributed by atoms with Gasteiger partial charge in [0, 0.05) is 32.1 Å². The minimum atomic E-state index is 0.0792. The van der Waals surface area contributed by atoms with Crippen LogP contribution in [-0.2, 0) is 13.6 Å². The number of pyridine rings is 1. The van der Waals surface area contributed by atoms with Crippen LogP contribution in [0.5, 0.6) is 0 Å². The van der Waals surface area contributed by atoms with Gasteiger partial charge in [-0.05, 0) is 58.6 Å². The summed E-state index contributed by atoms with van der Waals surface area (Å²) >= 11 is 0. The lowest BCUT2D eigenvalue weighted by molar-refractivity contribution is 0.269. The molecule has 1 aromatic carbocycles. The van der Waals surface area contributed by atoms with E-state index < -0.39 is 0 Å². The number of hydrogen-bond donors (Lipinski definition) is 0. The van der Waals surface area contributed by atoms with Crippen molar-refractivity contribution in [2.45, 2.75) is 26.3 Å². The van der Waals surface area contributed by atoms with Crippen LogP contribution in [0.3, 0.4) is 0 Å². The molecule has 1 fully saturated rings. The fraction of sp³-hybridized carbons (Fsp3) is 0.524. The van der Waals surface area contributed by atoms with Gasteiger partial charge in [-0.25, -0.2) is 0 Å². The zero-order valence-electron chi connectivity index (χ0n) is 16.6. The summed E-state index contributed by atoms with van der Waals surface area (Å²) in [6.07, 6.45) is 4.14. The minimum Gasteiger partial charge on any atom is -0.338 e. The van der Waals surface area contributed by atoms with E-state index in [2.05, 4.69) is 38.6 Å². The van der Waals surface area contributed by atoms with E-state index in [1.165, 1.54) is 19.5 Å². The normalized spacial score (nSPS) is 17.0. The number of rotatable bonds is 4.